The molecule has 0 aliphatic carbocycles. The van der Waals surface area contributed by atoms with Gasteiger partial charge >= 0.3 is 0 Å². The first-order valence-corrected chi connectivity index (χ1v) is 9.10. The van der Waals surface area contributed by atoms with E-state index in [1.165, 1.54) is 41.5 Å². The van der Waals surface area contributed by atoms with Crippen molar-refractivity contribution in [1.82, 2.24) is 20.4 Å². The Bertz CT molecular complexity index is 1060. The standard InChI is InChI=1S/C17H15ClN4O4S/c1-26-13-8-10(18)2-3-11(13)15(24)21-20-14(23)4-6-22-9-19-16-12(17(22)25)5-7-27-16/h2-3,5,7-9H,4,6H2,1H3,(H,20,23)(H,21,24). The third-order valence-corrected chi connectivity index (χ3v) is 4.81. The van der Waals surface area contributed by atoms with E-state index in [9.17, 15) is 14.4 Å². The molecular formula is C17H15ClN4O4S. The van der Waals surface area contributed by atoms with Crippen LogP contribution in [0.4, 0.5) is 0 Å². The largest absolute Gasteiger partial charge is 0.496 e. The molecule has 2 amide bonds. The van der Waals surface area contributed by atoms with E-state index in [2.05, 4.69) is 15.8 Å². The first-order chi connectivity index (χ1) is 13.0. The van der Waals surface area contributed by atoms with E-state index in [-0.39, 0.29) is 29.8 Å². The molecule has 3 aromatic rings. The number of nitrogens with zero attached hydrogens (tertiary/aromatic N) is 2. The first-order valence-electron chi connectivity index (χ1n) is 7.85. The number of fused-ring (bicyclic) bond motifs is 1. The van der Waals surface area contributed by atoms with Gasteiger partial charge in [-0.1, -0.05) is 11.6 Å². The van der Waals surface area contributed by atoms with E-state index in [0.29, 0.717) is 15.2 Å². The number of benzene rings is 1. The van der Waals surface area contributed by atoms with Gasteiger partial charge in [0.1, 0.15) is 10.6 Å². The quantitative estimate of drug-likeness (QED) is 0.631. The Labute approximate surface area is 162 Å². The van der Waals surface area contributed by atoms with Crippen molar-refractivity contribution in [2.75, 3.05) is 7.11 Å². The van der Waals surface area contributed by atoms with Crippen LogP contribution in [0.5, 0.6) is 5.75 Å². The van der Waals surface area contributed by atoms with Gasteiger partial charge in [0.15, 0.2) is 0 Å². The lowest BCUT2D eigenvalue weighted by Gasteiger charge is -2.11. The molecule has 1 aromatic carbocycles. The Kier molecular flexibility index (Phi) is 5.72. The zero-order valence-corrected chi connectivity index (χ0v) is 15.8. The number of thiophene rings is 1. The number of carbonyl (C=O) groups excluding carboxylic acids is 2. The van der Waals surface area contributed by atoms with Gasteiger partial charge in [0.2, 0.25) is 5.91 Å². The molecule has 0 atom stereocenters. The summed E-state index contributed by atoms with van der Waals surface area (Å²) in [5, 5.41) is 2.73. The van der Waals surface area contributed by atoms with Gasteiger partial charge in [-0.15, -0.1) is 11.3 Å². The van der Waals surface area contributed by atoms with Crippen molar-refractivity contribution in [3.63, 3.8) is 0 Å². The molecule has 0 unspecified atom stereocenters. The van der Waals surface area contributed by atoms with E-state index in [4.69, 9.17) is 16.3 Å². The minimum atomic E-state index is -0.546. The van der Waals surface area contributed by atoms with Crippen LogP contribution < -0.4 is 21.1 Å². The summed E-state index contributed by atoms with van der Waals surface area (Å²) in [6.45, 7) is 0.142. The molecule has 27 heavy (non-hydrogen) atoms. The number of aryl methyl sites for hydroxylation is 1. The van der Waals surface area contributed by atoms with Gasteiger partial charge < -0.3 is 4.74 Å². The third kappa shape index (κ3) is 4.26. The fraction of sp³-hybridized carbons (Fsp3) is 0.176. The third-order valence-electron chi connectivity index (χ3n) is 3.75. The Hall–Kier alpha value is -2.91. The van der Waals surface area contributed by atoms with Crippen molar-refractivity contribution in [2.45, 2.75) is 13.0 Å². The molecule has 10 heteroatoms. The molecule has 0 spiro atoms. The van der Waals surface area contributed by atoms with Crippen LogP contribution in [-0.2, 0) is 11.3 Å². The number of carbonyl (C=O) groups is 2. The highest BCUT2D eigenvalue weighted by Gasteiger charge is 2.14. The van der Waals surface area contributed by atoms with Gasteiger partial charge in [0.25, 0.3) is 11.5 Å². The van der Waals surface area contributed by atoms with E-state index in [1.807, 2.05) is 0 Å². The second-order valence-corrected chi connectivity index (χ2v) is 6.81. The van der Waals surface area contributed by atoms with Gasteiger partial charge in [-0.3, -0.25) is 29.8 Å². The number of methoxy groups -OCH3 is 1. The number of ether oxygens (including phenoxy) is 1. The SMILES string of the molecule is COc1cc(Cl)ccc1C(=O)NNC(=O)CCn1cnc2sccc2c1=O. The summed E-state index contributed by atoms with van der Waals surface area (Å²) in [6.07, 6.45) is 1.40. The van der Waals surface area contributed by atoms with Crippen LogP contribution in [0.25, 0.3) is 10.2 Å². The van der Waals surface area contributed by atoms with Crippen molar-refractivity contribution in [3.05, 3.63) is 56.9 Å². The van der Waals surface area contributed by atoms with Crippen molar-refractivity contribution < 1.29 is 14.3 Å². The molecule has 140 valence electrons. The van der Waals surface area contributed by atoms with E-state index in [0.717, 1.165) is 0 Å². The fourth-order valence-corrected chi connectivity index (χ4v) is 3.27. The molecule has 0 saturated carbocycles. The normalized spacial score (nSPS) is 10.6. The number of nitrogens with one attached hydrogen (secondary N) is 2. The molecule has 2 heterocycles. The minimum Gasteiger partial charge on any atom is -0.496 e. The highest BCUT2D eigenvalue weighted by Crippen LogP contribution is 2.22. The fourth-order valence-electron chi connectivity index (χ4n) is 2.38. The summed E-state index contributed by atoms with van der Waals surface area (Å²) in [5.74, 6) is -0.708. The van der Waals surface area contributed by atoms with Gasteiger partial charge in [-0.05, 0) is 29.6 Å². The topological polar surface area (TPSA) is 102 Å². The monoisotopic (exact) mass is 406 g/mol. The predicted octanol–water partition coefficient (Wildman–Crippen LogP) is 1.97. The number of hydrogen-bond donors (Lipinski definition) is 2. The Morgan fingerprint density at radius 3 is 2.89 bits per heavy atom. The lowest BCUT2D eigenvalue weighted by atomic mass is 10.2. The van der Waals surface area contributed by atoms with E-state index < -0.39 is 11.8 Å². The molecular weight excluding hydrogens is 392 g/mol. The van der Waals surface area contributed by atoms with Crippen LogP contribution in [0.1, 0.15) is 16.8 Å². The van der Waals surface area contributed by atoms with Gasteiger partial charge in [-0.25, -0.2) is 4.98 Å². The summed E-state index contributed by atoms with van der Waals surface area (Å²) in [7, 11) is 1.41. The van der Waals surface area contributed by atoms with Crippen molar-refractivity contribution in [3.8, 4) is 5.75 Å². The van der Waals surface area contributed by atoms with Gasteiger partial charge in [0, 0.05) is 18.0 Å². The molecule has 0 aliphatic heterocycles. The summed E-state index contributed by atoms with van der Waals surface area (Å²) >= 11 is 7.23. The maximum Gasteiger partial charge on any atom is 0.273 e. The number of hydrogen-bond acceptors (Lipinski definition) is 6. The van der Waals surface area contributed by atoms with Crippen molar-refractivity contribution in [1.29, 1.82) is 0 Å². The zero-order valence-electron chi connectivity index (χ0n) is 14.2. The summed E-state index contributed by atoms with van der Waals surface area (Å²) in [5.41, 5.74) is 4.64. The molecule has 8 nitrogen and oxygen atoms in total. The predicted molar refractivity (Wildman–Crippen MR) is 102 cm³/mol. The average Bonchev–Trinajstić information content (AvgIpc) is 3.15. The van der Waals surface area contributed by atoms with Crippen molar-refractivity contribution in [2.24, 2.45) is 0 Å². The maximum atomic E-state index is 12.3. The summed E-state index contributed by atoms with van der Waals surface area (Å²) in [4.78, 5) is 41.2. The lowest BCUT2D eigenvalue weighted by Crippen LogP contribution is -2.42. The summed E-state index contributed by atoms with van der Waals surface area (Å²) < 4.78 is 6.46. The number of halogens is 1. The van der Waals surface area contributed by atoms with Crippen LogP contribution >= 0.6 is 22.9 Å². The van der Waals surface area contributed by atoms with Gasteiger partial charge in [-0.2, -0.15) is 0 Å². The number of rotatable bonds is 5. The highest BCUT2D eigenvalue weighted by atomic mass is 35.5. The number of aromatic nitrogens is 2. The zero-order chi connectivity index (χ0) is 19.4. The van der Waals surface area contributed by atoms with E-state index >= 15 is 0 Å². The lowest BCUT2D eigenvalue weighted by molar-refractivity contribution is -0.122. The maximum absolute atomic E-state index is 12.3. The first kappa shape index (κ1) is 18.9. The molecule has 2 aromatic heterocycles. The molecule has 0 bridgehead atoms. The Morgan fingerprint density at radius 2 is 2.11 bits per heavy atom. The second-order valence-electron chi connectivity index (χ2n) is 5.48. The average molecular weight is 407 g/mol. The molecule has 0 fully saturated rings. The van der Waals surface area contributed by atoms with Crippen LogP contribution in [0, 0.1) is 0 Å². The number of hydrazine groups is 1. The Morgan fingerprint density at radius 1 is 1.30 bits per heavy atom. The highest BCUT2D eigenvalue weighted by molar-refractivity contribution is 7.16. The van der Waals surface area contributed by atoms with Crippen molar-refractivity contribution >= 4 is 45.0 Å². The van der Waals surface area contributed by atoms with Crippen LogP contribution in [0.3, 0.4) is 0 Å². The summed E-state index contributed by atoms with van der Waals surface area (Å²) in [6, 6.07) is 6.23. The van der Waals surface area contributed by atoms with E-state index in [1.54, 1.807) is 17.5 Å². The second kappa shape index (κ2) is 8.19. The minimum absolute atomic E-state index is 0.00470. The van der Waals surface area contributed by atoms with Crippen LogP contribution in [0.2, 0.25) is 5.02 Å². The molecule has 0 aliphatic rings. The molecule has 0 saturated heterocycles. The molecule has 0 radical (unpaired) electrons. The molecule has 2 N–H and O–H groups in total. The molecule has 3 rings (SSSR count). The smallest absolute Gasteiger partial charge is 0.273 e. The number of amides is 2. The van der Waals surface area contributed by atoms with Crippen LogP contribution in [0.15, 0.2) is 40.8 Å². The van der Waals surface area contributed by atoms with Crippen LogP contribution in [-0.4, -0.2) is 28.5 Å². The Balaban J connectivity index is 1.57. The van der Waals surface area contributed by atoms with Gasteiger partial charge in [0.05, 0.1) is 24.4 Å².